The Morgan fingerprint density at radius 3 is 2.19 bits per heavy atom. The van der Waals surface area contributed by atoms with E-state index in [0.29, 0.717) is 16.1 Å². The predicted octanol–water partition coefficient (Wildman–Crippen LogP) is 3.75. The summed E-state index contributed by atoms with van der Waals surface area (Å²) < 4.78 is 12.8. The molecule has 0 radical (unpaired) electrons. The fraction of sp³-hybridized carbons (Fsp3) is 0.0667. The molecule has 2 rings (SSSR count). The maximum absolute atomic E-state index is 12.8. The third-order valence-corrected chi connectivity index (χ3v) is 3.50. The molecule has 0 saturated carbocycles. The number of hydrogen-bond acceptors (Lipinski definition) is 2. The second kappa shape index (κ2) is 6.70. The zero-order valence-electron chi connectivity index (χ0n) is 10.7. The molecule has 21 heavy (non-hydrogen) atoms. The quantitative estimate of drug-likeness (QED) is 0.870. The zero-order chi connectivity index (χ0) is 15.4. The van der Waals surface area contributed by atoms with Crippen LogP contribution in [0.3, 0.4) is 0 Å². The number of amides is 1. The number of carbonyl (C=O) groups is 2. The molecule has 2 aromatic carbocycles. The van der Waals surface area contributed by atoms with Crippen LogP contribution in [0.5, 0.6) is 0 Å². The Bertz CT molecular complexity index is 687. The SMILES string of the molecule is O=C(CNC(=O)c1ccc(Cl)c(Cl)c1)c1ccc(F)cc1. The van der Waals surface area contributed by atoms with Gasteiger partial charge < -0.3 is 5.32 Å². The van der Waals surface area contributed by atoms with Crippen LogP contribution >= 0.6 is 23.2 Å². The van der Waals surface area contributed by atoms with Gasteiger partial charge in [0.25, 0.3) is 5.91 Å². The Kier molecular flexibility index (Phi) is 4.94. The molecule has 1 amide bonds. The second-order valence-electron chi connectivity index (χ2n) is 4.24. The van der Waals surface area contributed by atoms with Gasteiger partial charge in [-0.3, -0.25) is 9.59 Å². The van der Waals surface area contributed by atoms with E-state index in [9.17, 15) is 14.0 Å². The molecule has 0 unspecified atom stereocenters. The topological polar surface area (TPSA) is 46.2 Å². The minimum absolute atomic E-state index is 0.190. The van der Waals surface area contributed by atoms with E-state index in [2.05, 4.69) is 5.32 Å². The summed E-state index contributed by atoms with van der Waals surface area (Å²) in [6.45, 7) is -0.190. The van der Waals surface area contributed by atoms with Crippen molar-refractivity contribution in [3.8, 4) is 0 Å². The number of benzene rings is 2. The van der Waals surface area contributed by atoms with E-state index in [0.717, 1.165) is 0 Å². The van der Waals surface area contributed by atoms with Gasteiger partial charge in [-0.2, -0.15) is 0 Å². The van der Waals surface area contributed by atoms with Crippen molar-refractivity contribution in [1.29, 1.82) is 0 Å². The standard InChI is InChI=1S/C15H10Cl2FNO2/c16-12-6-3-10(7-13(12)17)15(21)19-8-14(20)9-1-4-11(18)5-2-9/h1-7H,8H2,(H,19,21). The van der Waals surface area contributed by atoms with E-state index in [-0.39, 0.29) is 17.4 Å². The van der Waals surface area contributed by atoms with Gasteiger partial charge in [-0.05, 0) is 42.5 Å². The Hall–Kier alpha value is -1.91. The van der Waals surface area contributed by atoms with Crippen LogP contribution in [0.2, 0.25) is 10.0 Å². The lowest BCUT2D eigenvalue weighted by Gasteiger charge is -2.06. The number of halogens is 3. The fourth-order valence-electron chi connectivity index (χ4n) is 1.64. The first-order chi connectivity index (χ1) is 9.97. The van der Waals surface area contributed by atoms with Gasteiger partial charge in [0.15, 0.2) is 5.78 Å². The summed E-state index contributed by atoms with van der Waals surface area (Å²) in [4.78, 5) is 23.7. The number of hydrogen-bond donors (Lipinski definition) is 1. The third kappa shape index (κ3) is 4.03. The normalized spacial score (nSPS) is 10.2. The first kappa shape index (κ1) is 15.5. The van der Waals surface area contributed by atoms with Crippen LogP contribution in [-0.2, 0) is 0 Å². The summed E-state index contributed by atoms with van der Waals surface area (Å²) in [5, 5.41) is 3.08. The average Bonchev–Trinajstić information content (AvgIpc) is 2.48. The van der Waals surface area contributed by atoms with Gasteiger partial charge in [-0.1, -0.05) is 23.2 Å². The van der Waals surface area contributed by atoms with Crippen LogP contribution < -0.4 is 5.32 Å². The zero-order valence-corrected chi connectivity index (χ0v) is 12.2. The van der Waals surface area contributed by atoms with E-state index >= 15 is 0 Å². The number of nitrogens with one attached hydrogen (secondary N) is 1. The van der Waals surface area contributed by atoms with Crippen LogP contribution in [0, 0.1) is 5.82 Å². The molecule has 0 atom stereocenters. The summed E-state index contributed by atoms with van der Waals surface area (Å²) in [5.41, 5.74) is 0.627. The van der Waals surface area contributed by atoms with Gasteiger partial charge in [0.05, 0.1) is 16.6 Å². The number of ketones is 1. The first-order valence-corrected chi connectivity index (χ1v) is 6.75. The molecule has 0 heterocycles. The maximum atomic E-state index is 12.8. The molecular weight excluding hydrogens is 316 g/mol. The van der Waals surface area contributed by atoms with Crippen molar-refractivity contribution in [2.75, 3.05) is 6.54 Å². The van der Waals surface area contributed by atoms with Gasteiger partial charge >= 0.3 is 0 Å². The summed E-state index contributed by atoms with van der Waals surface area (Å²) >= 11 is 11.6. The van der Waals surface area contributed by atoms with E-state index < -0.39 is 11.7 Å². The molecule has 0 spiro atoms. The second-order valence-corrected chi connectivity index (χ2v) is 5.06. The molecule has 0 aliphatic rings. The summed E-state index contributed by atoms with van der Waals surface area (Å²) in [6.07, 6.45) is 0. The lowest BCUT2D eigenvalue weighted by Crippen LogP contribution is -2.29. The van der Waals surface area contributed by atoms with E-state index in [4.69, 9.17) is 23.2 Å². The van der Waals surface area contributed by atoms with Crippen molar-refractivity contribution < 1.29 is 14.0 Å². The van der Waals surface area contributed by atoms with Gasteiger partial charge in [-0.15, -0.1) is 0 Å². The lowest BCUT2D eigenvalue weighted by molar-refractivity contribution is 0.0904. The number of carbonyl (C=O) groups excluding carboxylic acids is 2. The summed E-state index contributed by atoms with van der Waals surface area (Å²) in [5.74, 6) is -1.18. The summed E-state index contributed by atoms with van der Waals surface area (Å²) in [6, 6.07) is 9.53. The van der Waals surface area contributed by atoms with Crippen molar-refractivity contribution in [3.63, 3.8) is 0 Å². The van der Waals surface area contributed by atoms with Crippen LogP contribution in [-0.4, -0.2) is 18.2 Å². The molecule has 6 heteroatoms. The highest BCUT2D eigenvalue weighted by Crippen LogP contribution is 2.22. The molecule has 0 aromatic heterocycles. The Labute approximate surface area is 130 Å². The summed E-state index contributed by atoms with van der Waals surface area (Å²) in [7, 11) is 0. The molecule has 108 valence electrons. The molecule has 3 nitrogen and oxygen atoms in total. The van der Waals surface area contributed by atoms with E-state index in [1.165, 1.54) is 42.5 Å². The van der Waals surface area contributed by atoms with Crippen LogP contribution in [0.4, 0.5) is 4.39 Å². The van der Waals surface area contributed by atoms with Gasteiger partial charge in [0.1, 0.15) is 5.82 Å². The Morgan fingerprint density at radius 1 is 0.952 bits per heavy atom. The van der Waals surface area contributed by atoms with Crippen molar-refractivity contribution in [2.24, 2.45) is 0 Å². The number of rotatable bonds is 4. The first-order valence-electron chi connectivity index (χ1n) is 5.99. The van der Waals surface area contributed by atoms with Gasteiger partial charge in [-0.25, -0.2) is 4.39 Å². The molecule has 0 saturated heterocycles. The molecule has 0 aliphatic carbocycles. The van der Waals surface area contributed by atoms with Crippen molar-refractivity contribution in [1.82, 2.24) is 5.32 Å². The fourth-order valence-corrected chi connectivity index (χ4v) is 1.94. The average molecular weight is 326 g/mol. The van der Waals surface area contributed by atoms with E-state index in [1.807, 2.05) is 0 Å². The molecular formula is C15H10Cl2FNO2. The number of Topliss-reactive ketones (excluding diaryl/α,β-unsaturated/α-hetero) is 1. The minimum Gasteiger partial charge on any atom is -0.345 e. The Morgan fingerprint density at radius 2 is 1.57 bits per heavy atom. The highest BCUT2D eigenvalue weighted by Gasteiger charge is 2.11. The highest BCUT2D eigenvalue weighted by molar-refractivity contribution is 6.42. The maximum Gasteiger partial charge on any atom is 0.251 e. The van der Waals surface area contributed by atoms with Crippen LogP contribution in [0.25, 0.3) is 0 Å². The van der Waals surface area contributed by atoms with Crippen molar-refractivity contribution >= 4 is 34.9 Å². The van der Waals surface area contributed by atoms with Crippen LogP contribution in [0.1, 0.15) is 20.7 Å². The molecule has 1 N–H and O–H groups in total. The van der Waals surface area contributed by atoms with Gasteiger partial charge in [0.2, 0.25) is 0 Å². The highest BCUT2D eigenvalue weighted by atomic mass is 35.5. The van der Waals surface area contributed by atoms with E-state index in [1.54, 1.807) is 0 Å². The molecule has 0 aliphatic heterocycles. The smallest absolute Gasteiger partial charge is 0.251 e. The monoisotopic (exact) mass is 325 g/mol. The van der Waals surface area contributed by atoms with Gasteiger partial charge in [0, 0.05) is 11.1 Å². The molecule has 0 bridgehead atoms. The minimum atomic E-state index is -0.441. The Balaban J connectivity index is 1.98. The van der Waals surface area contributed by atoms with Crippen LogP contribution in [0.15, 0.2) is 42.5 Å². The molecule has 0 fully saturated rings. The third-order valence-electron chi connectivity index (χ3n) is 2.76. The van der Waals surface area contributed by atoms with Crippen molar-refractivity contribution in [3.05, 3.63) is 69.5 Å². The lowest BCUT2D eigenvalue weighted by atomic mass is 10.1. The molecule has 2 aromatic rings. The predicted molar refractivity (Wildman–Crippen MR) is 79.5 cm³/mol. The van der Waals surface area contributed by atoms with Crippen molar-refractivity contribution in [2.45, 2.75) is 0 Å². The largest absolute Gasteiger partial charge is 0.345 e.